The number of methoxy groups -OCH3 is 2. The van der Waals surface area contributed by atoms with Gasteiger partial charge >= 0.3 is 0 Å². The first kappa shape index (κ1) is 17.5. The van der Waals surface area contributed by atoms with Crippen LogP contribution in [0.1, 0.15) is 17.5 Å². The fourth-order valence-electron chi connectivity index (χ4n) is 3.06. The number of halogens is 1. The second kappa shape index (κ2) is 6.92. The Morgan fingerprint density at radius 1 is 1.12 bits per heavy atom. The molecular formula is C18H20FNO4S. The van der Waals surface area contributed by atoms with E-state index in [9.17, 15) is 12.8 Å². The minimum atomic E-state index is -3.61. The number of ether oxygens (including phenoxy) is 2. The van der Waals surface area contributed by atoms with Crippen molar-refractivity contribution in [3.63, 3.8) is 0 Å². The lowest BCUT2D eigenvalue weighted by Gasteiger charge is -2.31. The van der Waals surface area contributed by atoms with Crippen LogP contribution in [0.2, 0.25) is 0 Å². The zero-order valence-corrected chi connectivity index (χ0v) is 15.0. The molecule has 2 aromatic rings. The molecule has 25 heavy (non-hydrogen) atoms. The van der Waals surface area contributed by atoms with Gasteiger partial charge in [-0.3, -0.25) is 4.31 Å². The largest absolute Gasteiger partial charge is 0.497 e. The summed E-state index contributed by atoms with van der Waals surface area (Å²) in [5.74, 6) is 0.584. The van der Waals surface area contributed by atoms with Crippen LogP contribution < -0.4 is 13.8 Å². The van der Waals surface area contributed by atoms with E-state index in [2.05, 4.69) is 0 Å². The molecule has 0 bridgehead atoms. The van der Waals surface area contributed by atoms with Crippen molar-refractivity contribution in [1.29, 1.82) is 0 Å². The van der Waals surface area contributed by atoms with Crippen molar-refractivity contribution < 1.29 is 22.3 Å². The Morgan fingerprint density at radius 2 is 1.84 bits per heavy atom. The quantitative estimate of drug-likeness (QED) is 0.817. The average molecular weight is 365 g/mol. The molecular weight excluding hydrogens is 345 g/mol. The molecule has 0 spiro atoms. The first-order valence-electron chi connectivity index (χ1n) is 7.94. The molecule has 0 saturated carbocycles. The number of anilines is 1. The van der Waals surface area contributed by atoms with Gasteiger partial charge in [0.05, 0.1) is 25.7 Å². The van der Waals surface area contributed by atoms with E-state index in [-0.39, 0.29) is 11.6 Å². The number of rotatable bonds is 5. The van der Waals surface area contributed by atoms with Crippen LogP contribution in [0.25, 0.3) is 0 Å². The van der Waals surface area contributed by atoms with Crippen molar-refractivity contribution in [2.45, 2.75) is 18.6 Å². The minimum absolute atomic E-state index is 0.188. The minimum Gasteiger partial charge on any atom is -0.497 e. The van der Waals surface area contributed by atoms with Gasteiger partial charge < -0.3 is 9.47 Å². The predicted molar refractivity (Wildman–Crippen MR) is 94.2 cm³/mol. The van der Waals surface area contributed by atoms with Crippen molar-refractivity contribution in [1.82, 2.24) is 0 Å². The second-order valence-corrected chi connectivity index (χ2v) is 7.78. The molecule has 2 aromatic carbocycles. The number of nitrogens with zero attached hydrogens (tertiary/aromatic N) is 1. The number of sulfonamides is 1. The lowest BCUT2D eigenvalue weighted by atomic mass is 10.0. The van der Waals surface area contributed by atoms with Gasteiger partial charge in [0.1, 0.15) is 17.3 Å². The first-order chi connectivity index (χ1) is 11.9. The first-order valence-corrected chi connectivity index (χ1v) is 9.55. The maximum atomic E-state index is 13.1. The molecule has 3 rings (SSSR count). The molecule has 0 aromatic heterocycles. The van der Waals surface area contributed by atoms with Gasteiger partial charge in [0.2, 0.25) is 10.0 Å². The molecule has 1 aliphatic rings. The molecule has 0 amide bonds. The highest BCUT2D eigenvalue weighted by Gasteiger charge is 2.30. The van der Waals surface area contributed by atoms with E-state index in [0.717, 1.165) is 12.0 Å². The summed E-state index contributed by atoms with van der Waals surface area (Å²) in [4.78, 5) is 0. The van der Waals surface area contributed by atoms with E-state index < -0.39 is 10.0 Å². The molecule has 7 heteroatoms. The van der Waals surface area contributed by atoms with Gasteiger partial charge in [-0.2, -0.15) is 0 Å². The average Bonchev–Trinajstić information content (AvgIpc) is 2.61. The van der Waals surface area contributed by atoms with Crippen LogP contribution in [0.15, 0.2) is 36.4 Å². The fraction of sp³-hybridized carbons (Fsp3) is 0.333. The molecule has 1 heterocycles. The van der Waals surface area contributed by atoms with Gasteiger partial charge in [0.15, 0.2) is 0 Å². The summed E-state index contributed by atoms with van der Waals surface area (Å²) in [6, 6.07) is 8.99. The molecule has 134 valence electrons. The summed E-state index contributed by atoms with van der Waals surface area (Å²) in [7, 11) is -0.527. The zero-order valence-electron chi connectivity index (χ0n) is 14.2. The summed E-state index contributed by atoms with van der Waals surface area (Å²) in [5.41, 5.74) is 1.99. The van der Waals surface area contributed by atoms with E-state index in [0.29, 0.717) is 35.7 Å². The van der Waals surface area contributed by atoms with Crippen LogP contribution in [0, 0.1) is 5.82 Å². The normalized spacial score (nSPS) is 14.1. The highest BCUT2D eigenvalue weighted by molar-refractivity contribution is 7.92. The molecule has 0 N–H and O–H groups in total. The van der Waals surface area contributed by atoms with E-state index >= 15 is 0 Å². The van der Waals surface area contributed by atoms with Crippen LogP contribution in [0.5, 0.6) is 11.5 Å². The molecule has 5 nitrogen and oxygen atoms in total. The lowest BCUT2D eigenvalue weighted by molar-refractivity contribution is 0.390. The molecule has 0 radical (unpaired) electrons. The number of hydrogen-bond donors (Lipinski definition) is 0. The number of hydrogen-bond acceptors (Lipinski definition) is 4. The van der Waals surface area contributed by atoms with Gasteiger partial charge in [-0.1, -0.05) is 12.1 Å². The van der Waals surface area contributed by atoms with E-state index in [1.165, 1.54) is 35.7 Å². The van der Waals surface area contributed by atoms with Crippen molar-refractivity contribution in [3.05, 3.63) is 53.3 Å². The number of benzene rings is 2. The molecule has 0 fully saturated rings. The van der Waals surface area contributed by atoms with Crippen molar-refractivity contribution in [3.8, 4) is 11.5 Å². The smallest absolute Gasteiger partial charge is 0.239 e. The summed E-state index contributed by atoms with van der Waals surface area (Å²) in [6.07, 6.45) is 1.45. The van der Waals surface area contributed by atoms with Crippen molar-refractivity contribution in [2.75, 3.05) is 25.1 Å². The monoisotopic (exact) mass is 365 g/mol. The van der Waals surface area contributed by atoms with Crippen LogP contribution in [0.4, 0.5) is 10.1 Å². The summed E-state index contributed by atoms with van der Waals surface area (Å²) < 4.78 is 51.0. The molecule has 0 saturated heterocycles. The molecule has 0 atom stereocenters. The van der Waals surface area contributed by atoms with E-state index in [1.54, 1.807) is 19.2 Å². The topological polar surface area (TPSA) is 55.8 Å². The number of fused-ring (bicyclic) bond motifs is 1. The Bertz CT molecular complexity index is 865. The predicted octanol–water partition coefficient (Wildman–Crippen LogP) is 3.13. The highest BCUT2D eigenvalue weighted by atomic mass is 32.2. The van der Waals surface area contributed by atoms with Crippen LogP contribution in [-0.2, 0) is 22.2 Å². The van der Waals surface area contributed by atoms with Crippen LogP contribution in [-0.4, -0.2) is 29.2 Å². The maximum Gasteiger partial charge on any atom is 0.239 e. The van der Waals surface area contributed by atoms with Crippen LogP contribution >= 0.6 is 0 Å². The molecule has 1 aliphatic heterocycles. The molecule has 0 aliphatic carbocycles. The Balaban J connectivity index is 2.00. The second-order valence-electron chi connectivity index (χ2n) is 5.89. The van der Waals surface area contributed by atoms with Gasteiger partial charge in [0, 0.05) is 24.2 Å². The Kier molecular flexibility index (Phi) is 4.85. The Labute approximate surface area is 147 Å². The Morgan fingerprint density at radius 3 is 2.48 bits per heavy atom. The zero-order chi connectivity index (χ0) is 18.0. The Hall–Kier alpha value is -2.28. The van der Waals surface area contributed by atoms with Crippen LogP contribution in [0.3, 0.4) is 0 Å². The third-order valence-corrected chi connectivity index (χ3v) is 6.02. The van der Waals surface area contributed by atoms with Crippen molar-refractivity contribution >= 4 is 15.7 Å². The third-order valence-electron chi connectivity index (χ3n) is 4.27. The van der Waals surface area contributed by atoms with Gasteiger partial charge in [-0.25, -0.2) is 12.8 Å². The van der Waals surface area contributed by atoms with Crippen molar-refractivity contribution in [2.24, 2.45) is 0 Å². The summed E-state index contributed by atoms with van der Waals surface area (Å²) in [6.45, 7) is 0.396. The van der Waals surface area contributed by atoms with Gasteiger partial charge in [-0.15, -0.1) is 0 Å². The standard InChI is InChI=1S/C18H20FNO4S/c1-23-15-10-17-16(18(11-15)24-2)4-3-9-20(17)25(21,22)12-13-5-7-14(19)8-6-13/h5-8,10-11H,3-4,9,12H2,1-2H3. The molecule has 0 unspecified atom stereocenters. The van der Waals surface area contributed by atoms with E-state index in [4.69, 9.17) is 9.47 Å². The highest BCUT2D eigenvalue weighted by Crippen LogP contribution is 2.39. The van der Waals surface area contributed by atoms with Gasteiger partial charge in [-0.05, 0) is 30.5 Å². The van der Waals surface area contributed by atoms with Gasteiger partial charge in [0.25, 0.3) is 0 Å². The SMILES string of the molecule is COc1cc(OC)c2c(c1)N(S(=O)(=O)Cc1ccc(F)cc1)CCC2. The lowest BCUT2D eigenvalue weighted by Crippen LogP contribution is -2.36. The van der Waals surface area contributed by atoms with E-state index in [1.807, 2.05) is 0 Å². The summed E-state index contributed by atoms with van der Waals surface area (Å²) in [5, 5.41) is 0. The third kappa shape index (κ3) is 3.56. The maximum absolute atomic E-state index is 13.1. The summed E-state index contributed by atoms with van der Waals surface area (Å²) >= 11 is 0. The fourth-order valence-corrected chi connectivity index (χ4v) is 4.70.